The van der Waals surface area contributed by atoms with Crippen molar-refractivity contribution in [2.75, 3.05) is 0 Å². The lowest BCUT2D eigenvalue weighted by Gasteiger charge is -2.15. The summed E-state index contributed by atoms with van der Waals surface area (Å²) in [4.78, 5) is 45.7. The van der Waals surface area contributed by atoms with Gasteiger partial charge in [0.1, 0.15) is 6.04 Å². The van der Waals surface area contributed by atoms with Crippen LogP contribution in [0.5, 0.6) is 11.5 Å². The number of phosphoric ester groups is 2. The number of carboxylic acid groups (broad SMARTS) is 1. The van der Waals surface area contributed by atoms with Crippen molar-refractivity contribution >= 4 is 21.6 Å². The Kier molecular flexibility index (Phi) is 5.71. The van der Waals surface area contributed by atoms with Crippen LogP contribution in [-0.2, 0) is 20.3 Å². The quantitative estimate of drug-likeness (QED) is 0.347. The van der Waals surface area contributed by atoms with Crippen LogP contribution in [0.15, 0.2) is 18.2 Å². The molecule has 0 heterocycles. The topological polar surface area (TPSA) is 197 Å². The molecule has 0 radical (unpaired) electrons. The minimum atomic E-state index is -5.03. The van der Waals surface area contributed by atoms with Gasteiger partial charge in [0, 0.05) is 0 Å². The van der Waals surface area contributed by atoms with Crippen molar-refractivity contribution in [1.29, 1.82) is 0 Å². The molecule has 124 valence electrons. The van der Waals surface area contributed by atoms with Gasteiger partial charge < -0.3 is 19.9 Å². The van der Waals surface area contributed by atoms with Gasteiger partial charge in [-0.2, -0.15) is 0 Å². The van der Waals surface area contributed by atoms with Crippen molar-refractivity contribution < 1.29 is 47.7 Å². The Balaban J connectivity index is 3.16. The van der Waals surface area contributed by atoms with Gasteiger partial charge in [-0.15, -0.1) is 0 Å². The molecule has 0 aliphatic heterocycles. The number of carbonyl (C=O) groups is 1. The SMILES string of the molecule is NC(Cc1ccc(OP(=O)(O)O)c(OP(=O)(O)O)c1)C(=O)O. The summed E-state index contributed by atoms with van der Waals surface area (Å²) in [6.45, 7) is 0. The largest absolute Gasteiger partial charge is 0.524 e. The molecule has 0 saturated heterocycles. The highest BCUT2D eigenvalue weighted by Crippen LogP contribution is 2.47. The van der Waals surface area contributed by atoms with E-state index >= 15 is 0 Å². The summed E-state index contributed by atoms with van der Waals surface area (Å²) in [7, 11) is -10.0. The van der Waals surface area contributed by atoms with E-state index in [9.17, 15) is 13.9 Å². The molecule has 0 amide bonds. The number of rotatable bonds is 7. The van der Waals surface area contributed by atoms with Crippen molar-refractivity contribution in [3.63, 3.8) is 0 Å². The normalized spacial score (nSPS) is 13.5. The number of nitrogens with two attached hydrogens (primary N) is 1. The number of benzene rings is 1. The van der Waals surface area contributed by atoms with Gasteiger partial charge in [-0.1, -0.05) is 6.07 Å². The molecule has 1 unspecified atom stereocenters. The van der Waals surface area contributed by atoms with Gasteiger partial charge in [-0.05, 0) is 24.1 Å². The third kappa shape index (κ3) is 6.54. The Labute approximate surface area is 123 Å². The minimum Gasteiger partial charge on any atom is -0.480 e. The monoisotopic (exact) mass is 357 g/mol. The van der Waals surface area contributed by atoms with Crippen molar-refractivity contribution in [3.8, 4) is 11.5 Å². The molecule has 0 bridgehead atoms. The van der Waals surface area contributed by atoms with Crippen LogP contribution < -0.4 is 14.8 Å². The van der Waals surface area contributed by atoms with Crippen LogP contribution in [0.4, 0.5) is 0 Å². The molecule has 1 aromatic carbocycles. The Morgan fingerprint density at radius 3 is 2.05 bits per heavy atom. The molecule has 0 saturated carbocycles. The maximum atomic E-state index is 10.9. The lowest BCUT2D eigenvalue weighted by Crippen LogP contribution is -2.32. The average Bonchev–Trinajstić information content (AvgIpc) is 2.28. The first-order chi connectivity index (χ1) is 9.87. The second-order valence-corrected chi connectivity index (χ2v) is 6.42. The summed E-state index contributed by atoms with van der Waals surface area (Å²) in [6.07, 6.45) is -0.205. The lowest BCUT2D eigenvalue weighted by molar-refractivity contribution is -0.138. The number of hydrogen-bond donors (Lipinski definition) is 6. The van der Waals surface area contributed by atoms with Gasteiger partial charge in [0.25, 0.3) is 0 Å². The van der Waals surface area contributed by atoms with Gasteiger partial charge in [0.05, 0.1) is 0 Å². The van der Waals surface area contributed by atoms with E-state index in [2.05, 4.69) is 9.05 Å². The number of carboxylic acids is 1. The zero-order chi connectivity index (χ0) is 17.1. The second-order valence-electron chi connectivity index (χ2n) is 4.09. The van der Waals surface area contributed by atoms with Crippen LogP contribution in [0.3, 0.4) is 0 Å². The van der Waals surface area contributed by atoms with Crippen molar-refractivity contribution in [1.82, 2.24) is 0 Å². The maximum Gasteiger partial charge on any atom is 0.524 e. The summed E-state index contributed by atoms with van der Waals surface area (Å²) < 4.78 is 30.2. The van der Waals surface area contributed by atoms with E-state index in [-0.39, 0.29) is 12.0 Å². The van der Waals surface area contributed by atoms with Gasteiger partial charge in [0.15, 0.2) is 11.5 Å². The van der Waals surface area contributed by atoms with Gasteiger partial charge >= 0.3 is 21.6 Å². The zero-order valence-electron chi connectivity index (χ0n) is 10.8. The Morgan fingerprint density at radius 2 is 1.59 bits per heavy atom. The predicted molar refractivity (Wildman–Crippen MR) is 71.1 cm³/mol. The van der Waals surface area contributed by atoms with Gasteiger partial charge in [-0.25, -0.2) is 9.13 Å². The van der Waals surface area contributed by atoms with Crippen molar-refractivity contribution in [2.45, 2.75) is 12.5 Å². The van der Waals surface area contributed by atoms with E-state index in [0.29, 0.717) is 0 Å². The van der Waals surface area contributed by atoms with Gasteiger partial charge in [-0.3, -0.25) is 24.4 Å². The highest BCUT2D eigenvalue weighted by Gasteiger charge is 2.25. The first kappa shape index (κ1) is 18.6. The van der Waals surface area contributed by atoms with Crippen LogP contribution in [0, 0.1) is 0 Å². The predicted octanol–water partition coefficient (Wildman–Crippen LogP) is -0.416. The molecule has 1 rings (SSSR count). The molecule has 0 aromatic heterocycles. The third-order valence-corrected chi connectivity index (χ3v) is 3.08. The molecule has 1 atom stereocenters. The number of phosphoric acid groups is 2. The van der Waals surface area contributed by atoms with Crippen LogP contribution >= 0.6 is 15.6 Å². The summed E-state index contributed by atoms with van der Waals surface area (Å²) in [6, 6.07) is 1.87. The highest BCUT2D eigenvalue weighted by molar-refractivity contribution is 7.47. The molecule has 11 nitrogen and oxygen atoms in total. The maximum absolute atomic E-state index is 10.9. The first-order valence-electron chi connectivity index (χ1n) is 5.49. The molecule has 0 spiro atoms. The number of hydrogen-bond acceptors (Lipinski definition) is 6. The summed E-state index contributed by atoms with van der Waals surface area (Å²) >= 11 is 0. The molecular formula is C9H13NO10P2. The lowest BCUT2D eigenvalue weighted by atomic mass is 10.1. The Bertz CT molecular complexity index is 650. The standard InChI is InChI=1S/C9H13NO10P2/c10-6(9(11)12)3-5-1-2-7(19-21(13,14)15)8(4-5)20-22(16,17)18/h1-2,4,6H,3,10H2,(H,11,12)(H2,13,14,15)(H2,16,17,18). The Hall–Kier alpha value is -1.45. The summed E-state index contributed by atoms with van der Waals surface area (Å²) in [5, 5.41) is 8.70. The summed E-state index contributed by atoms with van der Waals surface area (Å²) in [5.74, 6) is -2.58. The second kappa shape index (κ2) is 6.76. The van der Waals surface area contributed by atoms with Crippen LogP contribution in [0.1, 0.15) is 5.56 Å². The van der Waals surface area contributed by atoms with Crippen LogP contribution in [0.25, 0.3) is 0 Å². The molecule has 0 aliphatic carbocycles. The summed E-state index contributed by atoms with van der Waals surface area (Å²) in [5.41, 5.74) is 5.52. The molecule has 13 heteroatoms. The first-order valence-corrected chi connectivity index (χ1v) is 8.55. The molecule has 7 N–H and O–H groups in total. The fraction of sp³-hybridized carbons (Fsp3) is 0.222. The number of aliphatic carboxylic acids is 1. The molecular weight excluding hydrogens is 344 g/mol. The average molecular weight is 357 g/mol. The highest BCUT2D eigenvalue weighted by atomic mass is 31.2. The van der Waals surface area contributed by atoms with Crippen molar-refractivity contribution in [2.24, 2.45) is 5.73 Å². The van der Waals surface area contributed by atoms with Crippen molar-refractivity contribution in [3.05, 3.63) is 23.8 Å². The Morgan fingerprint density at radius 1 is 1.09 bits per heavy atom. The fourth-order valence-corrected chi connectivity index (χ4v) is 2.23. The molecule has 22 heavy (non-hydrogen) atoms. The molecule has 0 aliphatic rings. The van der Waals surface area contributed by atoms with E-state index in [1.54, 1.807) is 0 Å². The van der Waals surface area contributed by atoms with Gasteiger partial charge in [0.2, 0.25) is 0 Å². The zero-order valence-corrected chi connectivity index (χ0v) is 12.6. The van der Waals surface area contributed by atoms with E-state index in [4.69, 9.17) is 30.4 Å². The fourth-order valence-electron chi connectivity index (χ4n) is 1.42. The molecule has 1 aromatic rings. The smallest absolute Gasteiger partial charge is 0.480 e. The van der Waals surface area contributed by atoms with E-state index in [1.807, 2.05) is 0 Å². The van der Waals surface area contributed by atoms with Crippen LogP contribution in [0.2, 0.25) is 0 Å². The van der Waals surface area contributed by atoms with Crippen LogP contribution in [-0.4, -0.2) is 36.7 Å². The van der Waals surface area contributed by atoms with E-state index < -0.39 is 39.2 Å². The molecule has 0 fully saturated rings. The van der Waals surface area contributed by atoms with E-state index in [0.717, 1.165) is 12.1 Å². The minimum absolute atomic E-state index is 0.205. The third-order valence-electron chi connectivity index (χ3n) is 2.22. The van der Waals surface area contributed by atoms with E-state index in [1.165, 1.54) is 6.07 Å².